The maximum atomic E-state index is 12.9. The van der Waals surface area contributed by atoms with Gasteiger partial charge in [0.25, 0.3) is 5.91 Å². The monoisotopic (exact) mass is 372 g/mol. The molecule has 2 aromatic rings. The van der Waals surface area contributed by atoms with Crippen molar-refractivity contribution in [1.29, 1.82) is 0 Å². The number of piperidine rings is 1. The highest BCUT2D eigenvalue weighted by atomic mass is 32.2. The van der Waals surface area contributed by atoms with E-state index in [0.717, 1.165) is 18.4 Å². The number of sulfonamides is 1. The molecule has 2 aromatic carbocycles. The van der Waals surface area contributed by atoms with Gasteiger partial charge in [-0.15, -0.1) is 0 Å². The van der Waals surface area contributed by atoms with Gasteiger partial charge in [-0.2, -0.15) is 4.31 Å². The Morgan fingerprint density at radius 1 is 1.08 bits per heavy atom. The first-order chi connectivity index (χ1) is 12.4. The molecule has 0 unspecified atom stereocenters. The van der Waals surface area contributed by atoms with Crippen LogP contribution in [0.2, 0.25) is 0 Å². The number of anilines is 1. The second-order valence-corrected chi connectivity index (χ2v) is 8.82. The lowest BCUT2D eigenvalue weighted by molar-refractivity contribution is 0.102. The van der Waals surface area contributed by atoms with E-state index in [4.69, 9.17) is 0 Å². The molecule has 1 heterocycles. The molecule has 1 N–H and O–H groups in total. The first-order valence-electron chi connectivity index (χ1n) is 8.85. The quantitative estimate of drug-likeness (QED) is 0.890. The summed E-state index contributed by atoms with van der Waals surface area (Å²) in [5, 5.41) is 2.82. The molecule has 0 spiro atoms. The average molecular weight is 372 g/mol. The molecule has 1 aliphatic heterocycles. The summed E-state index contributed by atoms with van der Waals surface area (Å²) < 4.78 is 27.4. The highest BCUT2D eigenvalue weighted by molar-refractivity contribution is 7.89. The number of carbonyl (C=O) groups is 1. The predicted octanol–water partition coefficient (Wildman–Crippen LogP) is 3.67. The highest BCUT2D eigenvalue weighted by Crippen LogP contribution is 2.25. The summed E-state index contributed by atoms with van der Waals surface area (Å²) in [6.07, 6.45) is 1.74. The van der Waals surface area contributed by atoms with Gasteiger partial charge in [-0.05, 0) is 55.5 Å². The maximum Gasteiger partial charge on any atom is 0.255 e. The summed E-state index contributed by atoms with van der Waals surface area (Å²) in [4.78, 5) is 12.8. The largest absolute Gasteiger partial charge is 0.322 e. The fourth-order valence-electron chi connectivity index (χ4n) is 3.10. The lowest BCUT2D eigenvalue weighted by atomic mass is 10.0. The van der Waals surface area contributed by atoms with Gasteiger partial charge in [0, 0.05) is 24.3 Å². The molecule has 3 rings (SSSR count). The minimum Gasteiger partial charge on any atom is -0.322 e. The Balaban J connectivity index is 1.86. The molecule has 0 saturated carbocycles. The molecule has 1 saturated heterocycles. The van der Waals surface area contributed by atoms with Gasteiger partial charge in [0.15, 0.2) is 0 Å². The second kappa shape index (κ2) is 7.60. The van der Waals surface area contributed by atoms with Gasteiger partial charge in [0.1, 0.15) is 0 Å². The minimum atomic E-state index is -3.58. The normalized spacial score (nSPS) is 16.4. The van der Waals surface area contributed by atoms with Crippen LogP contribution in [0, 0.1) is 12.8 Å². The van der Waals surface area contributed by atoms with E-state index in [0.29, 0.717) is 30.3 Å². The van der Waals surface area contributed by atoms with Crippen LogP contribution in [0.4, 0.5) is 5.69 Å². The van der Waals surface area contributed by atoms with E-state index >= 15 is 0 Å². The molecule has 1 fully saturated rings. The summed E-state index contributed by atoms with van der Waals surface area (Å²) >= 11 is 0. The number of rotatable bonds is 4. The fourth-order valence-corrected chi connectivity index (χ4v) is 4.60. The molecule has 0 atom stereocenters. The first-order valence-corrected chi connectivity index (χ1v) is 10.3. The molecular weight excluding hydrogens is 348 g/mol. The topological polar surface area (TPSA) is 66.5 Å². The van der Waals surface area contributed by atoms with Crippen molar-refractivity contribution in [1.82, 2.24) is 4.31 Å². The van der Waals surface area contributed by atoms with Crippen LogP contribution in [0.1, 0.15) is 35.7 Å². The number of amides is 1. The Hall–Kier alpha value is -2.18. The predicted molar refractivity (Wildman–Crippen MR) is 103 cm³/mol. The first kappa shape index (κ1) is 18.6. The number of aryl methyl sites for hydroxylation is 1. The van der Waals surface area contributed by atoms with E-state index in [-0.39, 0.29) is 10.8 Å². The maximum absolute atomic E-state index is 12.9. The van der Waals surface area contributed by atoms with Gasteiger partial charge >= 0.3 is 0 Å². The lowest BCUT2D eigenvalue weighted by Gasteiger charge is -2.29. The van der Waals surface area contributed by atoms with Crippen molar-refractivity contribution in [2.24, 2.45) is 5.92 Å². The van der Waals surface area contributed by atoms with Crippen LogP contribution in [0.3, 0.4) is 0 Å². The molecule has 1 amide bonds. The summed E-state index contributed by atoms with van der Waals surface area (Å²) in [7, 11) is -3.58. The Morgan fingerprint density at radius 3 is 2.38 bits per heavy atom. The van der Waals surface area contributed by atoms with Gasteiger partial charge in [-0.25, -0.2) is 8.42 Å². The van der Waals surface area contributed by atoms with E-state index < -0.39 is 10.0 Å². The summed E-state index contributed by atoms with van der Waals surface area (Å²) in [6.45, 7) is 5.01. The van der Waals surface area contributed by atoms with Crippen LogP contribution in [0.25, 0.3) is 0 Å². The standard InChI is InChI=1S/C20H24N2O3S/c1-15-10-12-22(13-11-15)26(24,25)18-9-8-16(2)19(14-18)20(23)21-17-6-4-3-5-7-17/h3-9,14-15H,10-13H2,1-2H3,(H,21,23). The van der Waals surface area contributed by atoms with Crippen molar-refractivity contribution < 1.29 is 13.2 Å². The van der Waals surface area contributed by atoms with Crippen LogP contribution < -0.4 is 5.32 Å². The van der Waals surface area contributed by atoms with Gasteiger partial charge in [0.2, 0.25) is 10.0 Å². The molecule has 1 aliphatic rings. The van der Waals surface area contributed by atoms with Crippen LogP contribution in [0.15, 0.2) is 53.4 Å². The molecule has 0 radical (unpaired) electrons. The Morgan fingerprint density at radius 2 is 1.73 bits per heavy atom. The number of nitrogens with one attached hydrogen (secondary N) is 1. The third-order valence-electron chi connectivity index (χ3n) is 4.87. The van der Waals surface area contributed by atoms with E-state index in [1.807, 2.05) is 18.2 Å². The van der Waals surface area contributed by atoms with E-state index in [2.05, 4.69) is 12.2 Å². The summed E-state index contributed by atoms with van der Waals surface area (Å²) in [6, 6.07) is 13.9. The fraction of sp³-hybridized carbons (Fsp3) is 0.350. The Labute approximate surface area is 155 Å². The second-order valence-electron chi connectivity index (χ2n) is 6.88. The molecule has 0 bridgehead atoms. The number of para-hydroxylation sites is 1. The van der Waals surface area contributed by atoms with Crippen LogP contribution in [-0.4, -0.2) is 31.7 Å². The van der Waals surface area contributed by atoms with Crippen molar-refractivity contribution in [3.05, 3.63) is 59.7 Å². The van der Waals surface area contributed by atoms with Gasteiger partial charge in [0.05, 0.1) is 4.90 Å². The van der Waals surface area contributed by atoms with Crippen LogP contribution >= 0.6 is 0 Å². The zero-order valence-corrected chi connectivity index (χ0v) is 15.9. The molecule has 0 aromatic heterocycles. The van der Waals surface area contributed by atoms with Crippen molar-refractivity contribution >= 4 is 21.6 Å². The molecule has 138 valence electrons. The third-order valence-corrected chi connectivity index (χ3v) is 6.76. The average Bonchev–Trinajstić information content (AvgIpc) is 2.63. The molecule has 0 aliphatic carbocycles. The van der Waals surface area contributed by atoms with Gasteiger partial charge < -0.3 is 5.32 Å². The van der Waals surface area contributed by atoms with Crippen LogP contribution in [0.5, 0.6) is 0 Å². The van der Waals surface area contributed by atoms with E-state index in [1.165, 1.54) is 10.4 Å². The van der Waals surface area contributed by atoms with Crippen LogP contribution in [-0.2, 0) is 10.0 Å². The van der Waals surface area contributed by atoms with E-state index in [9.17, 15) is 13.2 Å². The zero-order valence-electron chi connectivity index (χ0n) is 15.1. The molecule has 6 heteroatoms. The zero-order chi connectivity index (χ0) is 18.7. The SMILES string of the molecule is Cc1ccc(S(=O)(=O)N2CCC(C)CC2)cc1C(=O)Nc1ccccc1. The minimum absolute atomic E-state index is 0.177. The highest BCUT2D eigenvalue weighted by Gasteiger charge is 2.28. The molecular formula is C20H24N2O3S. The van der Waals surface area contributed by atoms with Gasteiger partial charge in [-0.1, -0.05) is 31.2 Å². The van der Waals surface area contributed by atoms with Crippen molar-refractivity contribution in [3.63, 3.8) is 0 Å². The number of carbonyl (C=O) groups excluding carboxylic acids is 1. The summed E-state index contributed by atoms with van der Waals surface area (Å²) in [5.41, 5.74) is 1.79. The lowest BCUT2D eigenvalue weighted by Crippen LogP contribution is -2.38. The van der Waals surface area contributed by atoms with E-state index in [1.54, 1.807) is 31.2 Å². The van der Waals surface area contributed by atoms with Crippen molar-refractivity contribution in [2.45, 2.75) is 31.6 Å². The van der Waals surface area contributed by atoms with Crippen molar-refractivity contribution in [2.75, 3.05) is 18.4 Å². The molecule has 5 nitrogen and oxygen atoms in total. The summed E-state index contributed by atoms with van der Waals surface area (Å²) in [5.74, 6) is 0.240. The Bertz CT molecular complexity index is 887. The van der Waals surface area contributed by atoms with Gasteiger partial charge in [-0.3, -0.25) is 4.79 Å². The number of hydrogen-bond donors (Lipinski definition) is 1. The Kier molecular flexibility index (Phi) is 5.44. The number of nitrogens with zero attached hydrogens (tertiary/aromatic N) is 1. The van der Waals surface area contributed by atoms with Crippen molar-refractivity contribution in [3.8, 4) is 0 Å². The third kappa shape index (κ3) is 3.97. The number of benzene rings is 2. The smallest absolute Gasteiger partial charge is 0.255 e. The number of hydrogen-bond acceptors (Lipinski definition) is 3. The molecule has 26 heavy (non-hydrogen) atoms.